The number of likely N-dealkylation sites (tertiary alicyclic amines) is 1. The molecular weight excluding hydrogens is 474 g/mol. The molecule has 1 saturated heterocycles. The molecule has 2 heterocycles. The molecule has 0 saturated carbocycles. The number of imidazole rings is 1. The van der Waals surface area contributed by atoms with Gasteiger partial charge in [0.1, 0.15) is 5.82 Å². The second kappa shape index (κ2) is 9.52. The minimum absolute atomic E-state index is 0.178. The minimum Gasteiger partial charge on any atom is -0.378 e. The Balaban J connectivity index is 1.35. The first-order valence-electron chi connectivity index (χ1n) is 12.5. The van der Waals surface area contributed by atoms with Crippen molar-refractivity contribution in [3.05, 3.63) is 63.4 Å². The molecule has 0 spiro atoms. The van der Waals surface area contributed by atoms with Crippen LogP contribution >= 0.6 is 15.9 Å². The topological polar surface area (TPSA) is 30.3 Å². The number of rotatable bonds is 6. The highest BCUT2D eigenvalue weighted by molar-refractivity contribution is 9.10. The van der Waals surface area contributed by atoms with Gasteiger partial charge >= 0.3 is 0 Å². The molecule has 0 unspecified atom stereocenters. The summed E-state index contributed by atoms with van der Waals surface area (Å²) < 4.78 is 9.84. The fourth-order valence-corrected chi connectivity index (χ4v) is 6.38. The molecule has 176 valence electrons. The van der Waals surface area contributed by atoms with Crippen LogP contribution in [0.2, 0.25) is 0 Å². The Morgan fingerprint density at radius 3 is 2.70 bits per heavy atom. The molecule has 3 atom stereocenters. The third-order valence-electron chi connectivity index (χ3n) is 7.65. The molecule has 0 N–H and O–H groups in total. The number of hydrogen-bond donors (Lipinski definition) is 0. The smallest absolute Gasteiger partial charge is 0.112 e. The summed E-state index contributed by atoms with van der Waals surface area (Å²) in [5.74, 6) is 2.28. The average Bonchev–Trinajstić information content (AvgIpc) is 3.38. The van der Waals surface area contributed by atoms with Gasteiger partial charge in [0, 0.05) is 37.1 Å². The number of aryl methyl sites for hydroxylation is 1. The van der Waals surface area contributed by atoms with E-state index in [9.17, 15) is 0 Å². The molecular formula is C28H36BrN3O. The van der Waals surface area contributed by atoms with Crippen molar-refractivity contribution in [2.45, 2.75) is 64.5 Å². The van der Waals surface area contributed by atoms with Gasteiger partial charge in [-0.2, -0.15) is 0 Å². The predicted molar refractivity (Wildman–Crippen MR) is 139 cm³/mol. The molecule has 5 rings (SSSR count). The lowest BCUT2D eigenvalue weighted by atomic mass is 9.97. The lowest BCUT2D eigenvalue weighted by molar-refractivity contribution is -0.00966. The summed E-state index contributed by atoms with van der Waals surface area (Å²) in [5, 5.41) is 0. The van der Waals surface area contributed by atoms with Crippen molar-refractivity contribution in [2.24, 2.45) is 5.92 Å². The first kappa shape index (κ1) is 23.1. The number of aromatic nitrogens is 2. The average molecular weight is 511 g/mol. The molecule has 4 nitrogen and oxygen atoms in total. The van der Waals surface area contributed by atoms with Gasteiger partial charge in [-0.3, -0.25) is 0 Å². The summed E-state index contributed by atoms with van der Waals surface area (Å²) in [6.07, 6.45) is 4.71. The number of piperidine rings is 1. The molecule has 1 aromatic heterocycles. The van der Waals surface area contributed by atoms with Gasteiger partial charge in [0.15, 0.2) is 0 Å². The minimum atomic E-state index is 0.178. The third-order valence-corrected chi connectivity index (χ3v) is 8.14. The molecule has 1 fully saturated rings. The number of benzene rings is 2. The second-order valence-corrected chi connectivity index (χ2v) is 11.2. The van der Waals surface area contributed by atoms with Crippen molar-refractivity contribution in [3.63, 3.8) is 0 Å². The van der Waals surface area contributed by atoms with Gasteiger partial charge in [0.2, 0.25) is 0 Å². The Kier molecular flexibility index (Phi) is 6.65. The van der Waals surface area contributed by atoms with Gasteiger partial charge < -0.3 is 14.2 Å². The van der Waals surface area contributed by atoms with Gasteiger partial charge in [0.25, 0.3) is 0 Å². The van der Waals surface area contributed by atoms with Crippen LogP contribution in [0.15, 0.2) is 40.9 Å². The Bertz CT molecular complexity index is 1140. The van der Waals surface area contributed by atoms with E-state index < -0.39 is 0 Å². The van der Waals surface area contributed by atoms with Gasteiger partial charge in [0.05, 0.1) is 23.2 Å². The fraction of sp³-hybridized carbons (Fsp3) is 0.536. The van der Waals surface area contributed by atoms with Crippen molar-refractivity contribution in [1.82, 2.24) is 14.5 Å². The van der Waals surface area contributed by atoms with Crippen LogP contribution in [0.4, 0.5) is 0 Å². The third kappa shape index (κ3) is 4.52. The van der Waals surface area contributed by atoms with Crippen molar-refractivity contribution in [2.75, 3.05) is 26.7 Å². The van der Waals surface area contributed by atoms with E-state index in [1.54, 1.807) is 0 Å². The van der Waals surface area contributed by atoms with Gasteiger partial charge in [-0.1, -0.05) is 48.8 Å². The van der Waals surface area contributed by atoms with Crippen molar-refractivity contribution >= 4 is 27.0 Å². The van der Waals surface area contributed by atoms with Crippen LogP contribution in [0, 0.1) is 5.92 Å². The van der Waals surface area contributed by atoms with E-state index in [1.165, 1.54) is 45.3 Å². The first-order valence-corrected chi connectivity index (χ1v) is 13.3. The van der Waals surface area contributed by atoms with E-state index in [4.69, 9.17) is 9.72 Å². The van der Waals surface area contributed by atoms with Crippen LogP contribution in [-0.4, -0.2) is 47.3 Å². The number of halogens is 1. The van der Waals surface area contributed by atoms with E-state index in [0.29, 0.717) is 17.9 Å². The summed E-state index contributed by atoms with van der Waals surface area (Å²) in [6.45, 7) is 9.98. The highest BCUT2D eigenvalue weighted by Gasteiger charge is 2.35. The molecule has 0 radical (unpaired) electrons. The monoisotopic (exact) mass is 509 g/mol. The van der Waals surface area contributed by atoms with E-state index in [0.717, 1.165) is 38.0 Å². The van der Waals surface area contributed by atoms with Crippen LogP contribution < -0.4 is 0 Å². The van der Waals surface area contributed by atoms with E-state index >= 15 is 0 Å². The Morgan fingerprint density at radius 2 is 1.94 bits per heavy atom. The van der Waals surface area contributed by atoms with E-state index in [1.807, 2.05) is 7.11 Å². The molecule has 2 aromatic carbocycles. The number of nitrogens with zero attached hydrogens (tertiary/aromatic N) is 3. The van der Waals surface area contributed by atoms with Crippen LogP contribution in [0.1, 0.15) is 61.7 Å². The number of ether oxygens (including phenoxy) is 1. The maximum absolute atomic E-state index is 6.13. The molecule has 2 aliphatic rings. The molecule has 3 aromatic rings. The predicted octanol–water partition coefficient (Wildman–Crippen LogP) is 6.16. The van der Waals surface area contributed by atoms with Crippen LogP contribution in [0.3, 0.4) is 0 Å². The largest absolute Gasteiger partial charge is 0.378 e. The number of fused-ring (bicyclic) bond motifs is 2. The van der Waals surface area contributed by atoms with Crippen LogP contribution in [0.5, 0.6) is 0 Å². The van der Waals surface area contributed by atoms with Gasteiger partial charge in [-0.05, 0) is 72.6 Å². The zero-order valence-electron chi connectivity index (χ0n) is 20.4. The zero-order chi connectivity index (χ0) is 23.1. The molecule has 0 amide bonds. The normalized spacial score (nSPS) is 23.5. The summed E-state index contributed by atoms with van der Waals surface area (Å²) >= 11 is 3.63. The highest BCUT2D eigenvalue weighted by Crippen LogP contribution is 2.35. The Morgan fingerprint density at radius 1 is 1.12 bits per heavy atom. The summed E-state index contributed by atoms with van der Waals surface area (Å²) in [7, 11) is 1.88. The molecule has 33 heavy (non-hydrogen) atoms. The van der Waals surface area contributed by atoms with Gasteiger partial charge in [-0.15, -0.1) is 0 Å². The molecule has 5 heteroatoms. The number of hydrogen-bond acceptors (Lipinski definition) is 3. The molecule has 0 bridgehead atoms. The zero-order valence-corrected chi connectivity index (χ0v) is 21.9. The van der Waals surface area contributed by atoms with Crippen LogP contribution in [0.25, 0.3) is 11.0 Å². The highest BCUT2D eigenvalue weighted by atomic mass is 79.9. The lowest BCUT2D eigenvalue weighted by Gasteiger charge is -2.40. The van der Waals surface area contributed by atoms with E-state index in [-0.39, 0.29) is 6.10 Å². The first-order chi connectivity index (χ1) is 16.0. The summed E-state index contributed by atoms with van der Waals surface area (Å²) in [6, 6.07) is 13.9. The van der Waals surface area contributed by atoms with Gasteiger partial charge in [-0.25, -0.2) is 4.98 Å². The molecule has 1 aliphatic heterocycles. The SMILES string of the molecule is CCc1ccc2c(c1)nc(C(C)C)n2[C@@H]1CCN(C[C@@H]2Cc3ccc(Br)cc3C2)C[C@@H]1OC. The Hall–Kier alpha value is -1.69. The Labute approximate surface area is 206 Å². The lowest BCUT2D eigenvalue weighted by Crippen LogP contribution is -2.47. The van der Waals surface area contributed by atoms with E-state index in [2.05, 4.69) is 82.6 Å². The standard InChI is InChI=1S/C28H36BrN3O/c1-5-19-6-9-25-24(14-19)30-28(18(2)3)32(25)26-10-11-31(17-27(26)33-4)16-20-12-21-7-8-23(29)15-22(21)13-20/h6-9,14-15,18,20,26-27H,5,10-13,16-17H2,1-4H3/t20-,26-,27+/m1/s1. The van der Waals surface area contributed by atoms with Crippen LogP contribution in [-0.2, 0) is 24.0 Å². The van der Waals surface area contributed by atoms with Crippen molar-refractivity contribution < 1.29 is 4.74 Å². The van der Waals surface area contributed by atoms with Crippen molar-refractivity contribution in [1.29, 1.82) is 0 Å². The second-order valence-electron chi connectivity index (χ2n) is 10.2. The van der Waals surface area contributed by atoms with Crippen molar-refractivity contribution in [3.8, 4) is 0 Å². The quantitative estimate of drug-likeness (QED) is 0.398. The maximum Gasteiger partial charge on any atom is 0.112 e. The fourth-order valence-electron chi connectivity index (χ4n) is 5.97. The number of methoxy groups -OCH3 is 1. The molecule has 1 aliphatic carbocycles. The summed E-state index contributed by atoms with van der Waals surface area (Å²) in [4.78, 5) is 7.73. The summed E-state index contributed by atoms with van der Waals surface area (Å²) in [5.41, 5.74) is 6.79. The maximum atomic E-state index is 6.13.